The molecule has 1 aromatic carbocycles. The number of hydrogen-bond donors (Lipinski definition) is 2. The summed E-state index contributed by atoms with van der Waals surface area (Å²) >= 11 is 1.99. The quantitative estimate of drug-likeness (QED) is 0.838. The molecule has 126 valence electrons. The van der Waals surface area contributed by atoms with Crippen molar-refractivity contribution in [2.75, 3.05) is 6.26 Å². The van der Waals surface area contributed by atoms with Gasteiger partial charge in [0, 0.05) is 23.4 Å². The van der Waals surface area contributed by atoms with Gasteiger partial charge < -0.3 is 15.4 Å². The molecule has 1 aromatic rings. The molecule has 2 aliphatic rings. The summed E-state index contributed by atoms with van der Waals surface area (Å²) in [6.45, 7) is 0.333. The largest absolute Gasteiger partial charge is 0.445 e. The van der Waals surface area contributed by atoms with Gasteiger partial charge in [-0.3, -0.25) is 0 Å². The first-order valence-electron chi connectivity index (χ1n) is 8.49. The Morgan fingerprint density at radius 3 is 2.61 bits per heavy atom. The fourth-order valence-electron chi connectivity index (χ4n) is 3.44. The van der Waals surface area contributed by atoms with Gasteiger partial charge in [0.05, 0.1) is 0 Å². The van der Waals surface area contributed by atoms with Crippen molar-refractivity contribution < 1.29 is 9.53 Å². The van der Waals surface area contributed by atoms with E-state index in [9.17, 15) is 4.79 Å². The zero-order chi connectivity index (χ0) is 16.1. The normalized spacial score (nSPS) is 29.8. The summed E-state index contributed by atoms with van der Waals surface area (Å²) < 4.78 is 5.26. The van der Waals surface area contributed by atoms with Crippen LogP contribution in [0.2, 0.25) is 0 Å². The molecular weight excluding hydrogens is 308 g/mol. The highest BCUT2D eigenvalue weighted by Gasteiger charge is 2.34. The van der Waals surface area contributed by atoms with Crippen LogP contribution in [0.5, 0.6) is 0 Å². The van der Waals surface area contributed by atoms with Crippen molar-refractivity contribution in [1.82, 2.24) is 10.6 Å². The zero-order valence-corrected chi connectivity index (χ0v) is 14.5. The standard InChI is InChI=1S/C18H26N2O2S/c1-23-17-8-7-14(11-17)19-15-9-16(10-15)20-18(21)22-12-13-5-3-2-4-6-13/h2-6,14-17,19H,7-12H2,1H3,(H,20,21). The van der Waals surface area contributed by atoms with Gasteiger partial charge in [0.2, 0.25) is 0 Å². The highest BCUT2D eigenvalue weighted by Crippen LogP contribution is 2.30. The van der Waals surface area contributed by atoms with E-state index in [-0.39, 0.29) is 12.1 Å². The second kappa shape index (κ2) is 8.06. The van der Waals surface area contributed by atoms with E-state index in [2.05, 4.69) is 16.9 Å². The summed E-state index contributed by atoms with van der Waals surface area (Å²) in [5.41, 5.74) is 1.01. The van der Waals surface area contributed by atoms with E-state index in [4.69, 9.17) is 4.74 Å². The summed E-state index contributed by atoms with van der Waals surface area (Å²) in [6.07, 6.45) is 7.84. The lowest BCUT2D eigenvalue weighted by Crippen LogP contribution is -2.54. The average molecular weight is 334 g/mol. The molecule has 4 nitrogen and oxygen atoms in total. The summed E-state index contributed by atoms with van der Waals surface area (Å²) in [5, 5.41) is 7.52. The van der Waals surface area contributed by atoms with Crippen molar-refractivity contribution in [2.24, 2.45) is 0 Å². The first-order valence-corrected chi connectivity index (χ1v) is 9.78. The van der Waals surface area contributed by atoms with Crippen molar-refractivity contribution in [3.63, 3.8) is 0 Å². The Labute approximate surface area is 142 Å². The van der Waals surface area contributed by atoms with E-state index in [1.165, 1.54) is 19.3 Å². The van der Waals surface area contributed by atoms with Crippen molar-refractivity contribution in [1.29, 1.82) is 0 Å². The van der Waals surface area contributed by atoms with Gasteiger partial charge in [0.15, 0.2) is 0 Å². The molecule has 0 saturated heterocycles. The van der Waals surface area contributed by atoms with Crippen LogP contribution in [0.3, 0.4) is 0 Å². The third-order valence-electron chi connectivity index (χ3n) is 4.86. The number of amides is 1. The lowest BCUT2D eigenvalue weighted by Gasteiger charge is -2.37. The number of benzene rings is 1. The lowest BCUT2D eigenvalue weighted by atomic mass is 9.86. The summed E-state index contributed by atoms with van der Waals surface area (Å²) in [5.74, 6) is 0. The van der Waals surface area contributed by atoms with Gasteiger partial charge in [0.1, 0.15) is 6.61 Å². The molecule has 0 radical (unpaired) electrons. The molecule has 0 aromatic heterocycles. The maximum Gasteiger partial charge on any atom is 0.407 e. The summed E-state index contributed by atoms with van der Waals surface area (Å²) in [4.78, 5) is 11.8. The highest BCUT2D eigenvalue weighted by molar-refractivity contribution is 7.99. The maximum atomic E-state index is 11.8. The molecule has 2 unspecified atom stereocenters. The first kappa shape index (κ1) is 16.7. The van der Waals surface area contributed by atoms with Crippen LogP contribution >= 0.6 is 11.8 Å². The minimum atomic E-state index is -0.305. The Bertz CT molecular complexity index is 505. The number of nitrogens with one attached hydrogen (secondary N) is 2. The smallest absolute Gasteiger partial charge is 0.407 e. The minimum absolute atomic E-state index is 0.258. The van der Waals surface area contributed by atoms with E-state index in [1.54, 1.807) is 0 Å². The number of ether oxygens (including phenoxy) is 1. The Morgan fingerprint density at radius 2 is 1.91 bits per heavy atom. The molecular formula is C18H26N2O2S. The van der Waals surface area contributed by atoms with Crippen molar-refractivity contribution in [3.8, 4) is 0 Å². The van der Waals surface area contributed by atoms with Crippen molar-refractivity contribution in [2.45, 2.75) is 62.1 Å². The summed E-state index contributed by atoms with van der Waals surface area (Å²) in [6, 6.07) is 11.3. The molecule has 2 atom stereocenters. The van der Waals surface area contributed by atoms with Gasteiger partial charge in [0.25, 0.3) is 0 Å². The SMILES string of the molecule is CSC1CCC(NC2CC(NC(=O)OCc3ccccc3)C2)C1. The van der Waals surface area contributed by atoms with E-state index in [0.29, 0.717) is 18.7 Å². The van der Waals surface area contributed by atoms with Gasteiger partial charge in [-0.05, 0) is 43.9 Å². The van der Waals surface area contributed by atoms with E-state index < -0.39 is 0 Å². The fourth-order valence-corrected chi connectivity index (χ4v) is 4.24. The third-order valence-corrected chi connectivity index (χ3v) is 5.96. The molecule has 2 N–H and O–H groups in total. The molecule has 2 fully saturated rings. The molecule has 0 heterocycles. The fraction of sp³-hybridized carbons (Fsp3) is 0.611. The zero-order valence-electron chi connectivity index (χ0n) is 13.7. The van der Waals surface area contributed by atoms with Gasteiger partial charge in [-0.2, -0.15) is 11.8 Å². The molecule has 23 heavy (non-hydrogen) atoms. The van der Waals surface area contributed by atoms with E-state index in [0.717, 1.165) is 23.7 Å². The number of carbonyl (C=O) groups is 1. The maximum absolute atomic E-state index is 11.8. The van der Waals surface area contributed by atoms with E-state index >= 15 is 0 Å². The second-order valence-corrected chi connectivity index (χ2v) is 7.74. The molecule has 5 heteroatoms. The molecule has 3 rings (SSSR count). The number of hydrogen-bond acceptors (Lipinski definition) is 4. The van der Waals surface area contributed by atoms with Crippen LogP contribution in [0.15, 0.2) is 30.3 Å². The van der Waals surface area contributed by atoms with Crippen LogP contribution in [-0.4, -0.2) is 35.7 Å². The predicted octanol–water partition coefficient (Wildman–Crippen LogP) is 3.32. The van der Waals surface area contributed by atoms with Crippen LogP contribution in [0.1, 0.15) is 37.7 Å². The predicted molar refractivity (Wildman–Crippen MR) is 94.7 cm³/mol. The van der Waals surface area contributed by atoms with Gasteiger partial charge in [-0.25, -0.2) is 4.79 Å². The number of thioether (sulfide) groups is 1. The van der Waals surface area contributed by atoms with Crippen LogP contribution in [0.25, 0.3) is 0 Å². The molecule has 1 amide bonds. The molecule has 0 spiro atoms. The number of alkyl carbamates (subject to hydrolysis) is 1. The molecule has 0 bridgehead atoms. The van der Waals surface area contributed by atoms with Crippen LogP contribution < -0.4 is 10.6 Å². The monoisotopic (exact) mass is 334 g/mol. The minimum Gasteiger partial charge on any atom is -0.445 e. The van der Waals surface area contributed by atoms with Crippen molar-refractivity contribution >= 4 is 17.9 Å². The van der Waals surface area contributed by atoms with Crippen LogP contribution in [-0.2, 0) is 11.3 Å². The van der Waals surface area contributed by atoms with Gasteiger partial charge in [-0.1, -0.05) is 30.3 Å². The summed E-state index contributed by atoms with van der Waals surface area (Å²) in [7, 11) is 0. The van der Waals surface area contributed by atoms with Crippen molar-refractivity contribution in [3.05, 3.63) is 35.9 Å². The third kappa shape index (κ3) is 4.88. The Morgan fingerprint density at radius 1 is 1.13 bits per heavy atom. The topological polar surface area (TPSA) is 50.4 Å². The van der Waals surface area contributed by atoms with Gasteiger partial charge >= 0.3 is 6.09 Å². The van der Waals surface area contributed by atoms with Crippen LogP contribution in [0.4, 0.5) is 4.79 Å². The van der Waals surface area contributed by atoms with Gasteiger partial charge in [-0.15, -0.1) is 0 Å². The molecule has 0 aliphatic heterocycles. The average Bonchev–Trinajstić information content (AvgIpc) is 2.99. The highest BCUT2D eigenvalue weighted by atomic mass is 32.2. The Balaban J connectivity index is 1.29. The Hall–Kier alpha value is -1.20. The molecule has 2 aliphatic carbocycles. The van der Waals surface area contributed by atoms with Crippen LogP contribution in [0, 0.1) is 0 Å². The lowest BCUT2D eigenvalue weighted by molar-refractivity contribution is 0.124. The molecule has 2 saturated carbocycles. The Kier molecular flexibility index (Phi) is 5.84. The second-order valence-electron chi connectivity index (χ2n) is 6.61. The van der Waals surface area contributed by atoms with E-state index in [1.807, 2.05) is 42.1 Å². The number of carbonyl (C=O) groups excluding carboxylic acids is 1. The first-order chi connectivity index (χ1) is 11.2. The number of rotatable bonds is 6.